The van der Waals surface area contributed by atoms with E-state index in [9.17, 15) is 10.2 Å². The number of hydrogen-bond acceptors (Lipinski definition) is 17. The third kappa shape index (κ3) is 28.2. The number of likely N-dealkylation sites (tertiary alicyclic amines) is 9. The highest BCUT2D eigenvalue weighted by Crippen LogP contribution is 2.27. The molecule has 17 heteroatoms. The normalized spacial score (nSPS) is 28.7. The van der Waals surface area contributed by atoms with E-state index >= 15 is 0 Å². The van der Waals surface area contributed by atoms with Crippen molar-refractivity contribution in [3.8, 4) is 0 Å². The van der Waals surface area contributed by atoms with Gasteiger partial charge in [0.25, 0.3) is 0 Å². The molecule has 0 aromatic carbocycles. The Hall–Kier alpha value is -0.290. The summed E-state index contributed by atoms with van der Waals surface area (Å²) in [5.41, 5.74) is 0. The summed E-state index contributed by atoms with van der Waals surface area (Å²) in [6.07, 6.45) is 25.0. The molecule has 12 fully saturated rings. The van der Waals surface area contributed by atoms with Crippen LogP contribution in [0.15, 0.2) is 0 Å². The molecule has 546 valence electrons. The van der Waals surface area contributed by atoms with Gasteiger partial charge >= 0.3 is 0 Å². The van der Waals surface area contributed by atoms with Gasteiger partial charge in [-0.3, -0.25) is 24.5 Å². The topological polar surface area (TPSA) is 91.8 Å². The number of hydrogen-bond donors (Lipinski definition) is 2. The maximum absolute atomic E-state index is 9.70. The zero-order valence-corrected chi connectivity index (χ0v) is 64.1. The minimum Gasteiger partial charge on any atom is -0.392 e. The van der Waals surface area contributed by atoms with Crippen LogP contribution in [-0.4, -0.2) is 361 Å². The summed E-state index contributed by atoms with van der Waals surface area (Å²) in [6.45, 7) is 61.7. The first-order chi connectivity index (χ1) is 44.8. The SMILES string of the molecule is CC(C)N1CCC(N2CCC(O)C2)CC1.CC(C)N1CCC(N2CCCC(O)C2)CC1.CC(C)N1CCC(N2CCCCCC2)CC1.CC(C)N1CCC(N2CCN(C)CC2)CC1.CC(C)N1CCC(N2CCOCC2)CC1.CC(C)N1CCC(N2CCSCC2)CC1. The van der Waals surface area contributed by atoms with E-state index in [1.165, 1.54) is 258 Å². The lowest BCUT2D eigenvalue weighted by Gasteiger charge is -2.43. The van der Waals surface area contributed by atoms with Crippen molar-refractivity contribution in [2.24, 2.45) is 0 Å². The fourth-order valence-electron chi connectivity index (χ4n) is 17.6. The number of nitrogens with zero attached hydrogens (tertiary/aromatic N) is 13. The molecule has 2 unspecified atom stereocenters. The van der Waals surface area contributed by atoms with Gasteiger partial charge in [0.2, 0.25) is 0 Å². The first-order valence-corrected chi connectivity index (χ1v) is 41.1. The molecule has 16 nitrogen and oxygen atoms in total. The molecule has 12 heterocycles. The number of rotatable bonds is 12. The van der Waals surface area contributed by atoms with Crippen LogP contribution >= 0.6 is 11.8 Å². The number of aliphatic hydroxyl groups is 2. The molecule has 0 bridgehead atoms. The molecule has 93 heavy (non-hydrogen) atoms. The van der Waals surface area contributed by atoms with Crippen molar-refractivity contribution in [3.63, 3.8) is 0 Å². The van der Waals surface area contributed by atoms with Crippen LogP contribution < -0.4 is 0 Å². The Bertz CT molecular complexity index is 1740. The lowest BCUT2D eigenvalue weighted by Crippen LogP contribution is -2.53. The van der Waals surface area contributed by atoms with Crippen LogP contribution in [0.3, 0.4) is 0 Å². The highest BCUT2D eigenvalue weighted by atomic mass is 32.2. The summed E-state index contributed by atoms with van der Waals surface area (Å²) in [7, 11) is 2.23. The molecule has 0 aromatic rings. The first kappa shape index (κ1) is 80.0. The Balaban J connectivity index is 0.000000158. The Morgan fingerprint density at radius 1 is 0.269 bits per heavy atom. The number of ether oxygens (including phenoxy) is 1. The number of likely N-dealkylation sites (N-methyl/N-ethyl adjacent to an activating group) is 1. The quantitative estimate of drug-likeness (QED) is 0.195. The van der Waals surface area contributed by atoms with Crippen LogP contribution in [0, 0.1) is 0 Å². The molecule has 12 rings (SSSR count). The Morgan fingerprint density at radius 3 is 0.849 bits per heavy atom. The molecule has 12 saturated heterocycles. The standard InChI is InChI=1S/C14H28N2.C13H27N3.C13H26N2O.2C12H24N2O.C12H24N2S/c1-13(2)15-11-7-14(8-12-15)16-9-5-3-4-6-10-16;1-12(2)15-6-4-13(5-7-15)16-10-8-14(3)9-11-16;1-11(2)14-8-5-12(6-9-14)15-7-3-4-13(16)10-15;1-10(2)13-6-3-11(4-7-13)14-8-5-12(15)9-14;2*1-11(2)13-5-3-12(4-6-13)14-7-9-15-10-8-14/h13-14H,3-12H2,1-2H3;12-13H,4-11H2,1-3H3;11-13,16H,3-10H2,1-2H3;10-12,15H,3-9H2,1-2H3;2*11-12H,3-10H2,1-2H3. The summed E-state index contributed by atoms with van der Waals surface area (Å²) in [6, 6.07) is 9.24. The van der Waals surface area contributed by atoms with Gasteiger partial charge in [0.15, 0.2) is 0 Å². The van der Waals surface area contributed by atoms with Gasteiger partial charge in [-0.1, -0.05) is 12.8 Å². The Labute approximate surface area is 579 Å². The molecule has 12 aliphatic rings. The summed E-state index contributed by atoms with van der Waals surface area (Å²) in [4.78, 5) is 33.9. The second-order valence-electron chi connectivity index (χ2n) is 32.5. The van der Waals surface area contributed by atoms with Crippen LogP contribution in [0.2, 0.25) is 0 Å². The molecule has 0 saturated carbocycles. The lowest BCUT2D eigenvalue weighted by molar-refractivity contribution is -0.00175. The Morgan fingerprint density at radius 2 is 0.538 bits per heavy atom. The number of aliphatic hydroxyl groups excluding tert-OH is 2. The third-order valence-electron chi connectivity index (χ3n) is 24.4. The van der Waals surface area contributed by atoms with Gasteiger partial charge in [0, 0.05) is 156 Å². The van der Waals surface area contributed by atoms with Crippen LogP contribution in [0.4, 0.5) is 0 Å². The smallest absolute Gasteiger partial charge is 0.0679 e. The highest BCUT2D eigenvalue weighted by molar-refractivity contribution is 7.99. The maximum Gasteiger partial charge on any atom is 0.0679 e. The van der Waals surface area contributed by atoms with Gasteiger partial charge in [0.05, 0.1) is 25.4 Å². The van der Waals surface area contributed by atoms with Crippen LogP contribution in [-0.2, 0) is 4.74 Å². The average molecular weight is 1330 g/mol. The minimum atomic E-state index is -0.0723. The zero-order valence-electron chi connectivity index (χ0n) is 63.3. The molecule has 0 amide bonds. The van der Waals surface area contributed by atoms with Crippen molar-refractivity contribution < 1.29 is 14.9 Å². The second kappa shape index (κ2) is 43.5. The van der Waals surface area contributed by atoms with E-state index in [2.05, 4.69) is 166 Å². The largest absolute Gasteiger partial charge is 0.392 e. The van der Waals surface area contributed by atoms with Crippen molar-refractivity contribution >= 4 is 11.8 Å². The predicted molar refractivity (Wildman–Crippen MR) is 398 cm³/mol. The van der Waals surface area contributed by atoms with Crippen molar-refractivity contribution in [3.05, 3.63) is 0 Å². The molecule has 0 radical (unpaired) electrons. The van der Waals surface area contributed by atoms with Crippen LogP contribution in [0.1, 0.15) is 205 Å². The number of piperidine rings is 7. The van der Waals surface area contributed by atoms with Crippen molar-refractivity contribution in [2.45, 2.75) is 290 Å². The van der Waals surface area contributed by atoms with Crippen molar-refractivity contribution in [1.29, 1.82) is 0 Å². The van der Waals surface area contributed by atoms with E-state index in [4.69, 9.17) is 4.74 Å². The number of β-amino-alcohol motifs (C(OH)–C–C–N with tert-alkyl or cyclic N) is 2. The van der Waals surface area contributed by atoms with Crippen LogP contribution in [0.25, 0.3) is 0 Å². The molecule has 0 aromatic heterocycles. The molecule has 2 N–H and O–H groups in total. The molecular formula is C76H153N13O3S. The van der Waals surface area contributed by atoms with Crippen LogP contribution in [0.5, 0.6) is 0 Å². The number of morpholine rings is 1. The first-order valence-electron chi connectivity index (χ1n) is 39.9. The highest BCUT2D eigenvalue weighted by Gasteiger charge is 2.34. The van der Waals surface area contributed by atoms with Gasteiger partial charge in [0.1, 0.15) is 0 Å². The summed E-state index contributed by atoms with van der Waals surface area (Å²) < 4.78 is 5.40. The van der Waals surface area contributed by atoms with Gasteiger partial charge in [-0.25, -0.2) is 0 Å². The van der Waals surface area contributed by atoms with Gasteiger partial charge < -0.3 is 54.1 Å². The average Bonchev–Trinajstić information content (AvgIpc) is 3.99. The lowest BCUT2D eigenvalue weighted by atomic mass is 9.98. The van der Waals surface area contributed by atoms with Gasteiger partial charge in [-0.15, -0.1) is 0 Å². The van der Waals surface area contributed by atoms with E-state index in [1.54, 1.807) is 0 Å². The second-order valence-corrected chi connectivity index (χ2v) is 33.7. The molecule has 0 spiro atoms. The van der Waals surface area contributed by atoms with Crippen molar-refractivity contribution in [2.75, 3.05) is 202 Å². The summed E-state index contributed by atoms with van der Waals surface area (Å²) >= 11 is 2.12. The van der Waals surface area contributed by atoms with E-state index in [1.807, 2.05) is 0 Å². The van der Waals surface area contributed by atoms with Crippen molar-refractivity contribution in [1.82, 2.24) is 63.7 Å². The third-order valence-corrected chi connectivity index (χ3v) is 25.3. The Kier molecular flexibility index (Phi) is 37.4. The molecule has 12 aliphatic heterocycles. The fourth-order valence-corrected chi connectivity index (χ4v) is 18.5. The predicted octanol–water partition coefficient (Wildman–Crippen LogP) is 9.18. The molecule has 0 aliphatic carbocycles. The zero-order chi connectivity index (χ0) is 66.7. The monoisotopic (exact) mass is 1330 g/mol. The number of thioether (sulfide) groups is 1. The molecule has 2 atom stereocenters. The van der Waals surface area contributed by atoms with Gasteiger partial charge in [-0.05, 0) is 297 Å². The van der Waals surface area contributed by atoms with E-state index in [0.29, 0.717) is 12.1 Å². The van der Waals surface area contributed by atoms with Gasteiger partial charge in [-0.2, -0.15) is 11.8 Å². The maximum atomic E-state index is 9.70. The minimum absolute atomic E-state index is 0.0619. The summed E-state index contributed by atoms with van der Waals surface area (Å²) in [5.74, 6) is 2.70. The van der Waals surface area contributed by atoms with E-state index < -0.39 is 0 Å². The van der Waals surface area contributed by atoms with E-state index in [-0.39, 0.29) is 12.2 Å². The molecular weight excluding hydrogens is 1170 g/mol. The fraction of sp³-hybridized carbons (Fsp3) is 1.00. The van der Waals surface area contributed by atoms with E-state index in [0.717, 1.165) is 119 Å². The number of piperazine rings is 1. The summed E-state index contributed by atoms with van der Waals surface area (Å²) in [5, 5.41) is 19.2.